The first-order valence-electron chi connectivity index (χ1n) is 10.8. The summed E-state index contributed by atoms with van der Waals surface area (Å²) in [7, 11) is -2.21. The molecule has 6 nitrogen and oxygen atoms in total. The summed E-state index contributed by atoms with van der Waals surface area (Å²) in [4.78, 5) is 0.981. The minimum atomic E-state index is -3.39. The third-order valence-corrected chi connectivity index (χ3v) is 8.72. The summed E-state index contributed by atoms with van der Waals surface area (Å²) in [6.07, 6.45) is 1.25. The molecule has 0 saturated carbocycles. The molecule has 0 radical (unpaired) electrons. The van der Waals surface area contributed by atoms with Crippen molar-refractivity contribution in [3.05, 3.63) is 59.0 Å². The van der Waals surface area contributed by atoms with Crippen LogP contribution in [0.5, 0.6) is 5.75 Å². The highest BCUT2D eigenvalue weighted by atomic mass is 32.2. The maximum absolute atomic E-state index is 12.5. The van der Waals surface area contributed by atoms with Crippen LogP contribution in [0.2, 0.25) is 0 Å². The standard InChI is InChI=1S/C24H30BNO5S2/c1-23(2)24(3,4)31-25(30-23)19-10-9-18-13-21(32-22(18)14-19)16-26(33(6,27)28)15-17-7-11-20(29-5)12-8-17/h7-14H,15-16H2,1-6H3. The molecule has 1 saturated heterocycles. The zero-order chi connectivity index (χ0) is 24.0. The summed E-state index contributed by atoms with van der Waals surface area (Å²) < 4.78 is 45.1. The Hall–Kier alpha value is -1.91. The molecule has 2 aromatic carbocycles. The number of hydrogen-bond acceptors (Lipinski definition) is 6. The van der Waals surface area contributed by atoms with E-state index in [1.165, 1.54) is 10.6 Å². The summed E-state index contributed by atoms with van der Waals surface area (Å²) in [5.74, 6) is 0.743. The van der Waals surface area contributed by atoms with Gasteiger partial charge in [-0.3, -0.25) is 0 Å². The topological polar surface area (TPSA) is 65.1 Å². The molecule has 0 spiro atoms. The smallest absolute Gasteiger partial charge is 0.494 e. The normalized spacial score (nSPS) is 17.7. The van der Waals surface area contributed by atoms with Gasteiger partial charge in [0.05, 0.1) is 24.6 Å². The van der Waals surface area contributed by atoms with Crippen LogP contribution in [0.4, 0.5) is 0 Å². The van der Waals surface area contributed by atoms with Gasteiger partial charge in [-0.15, -0.1) is 11.3 Å². The van der Waals surface area contributed by atoms with E-state index in [-0.39, 0.29) is 0 Å². The lowest BCUT2D eigenvalue weighted by Crippen LogP contribution is -2.41. The van der Waals surface area contributed by atoms with Crippen LogP contribution < -0.4 is 10.2 Å². The van der Waals surface area contributed by atoms with E-state index >= 15 is 0 Å². The first-order valence-corrected chi connectivity index (χ1v) is 13.5. The van der Waals surface area contributed by atoms with Gasteiger partial charge in [-0.25, -0.2) is 8.42 Å². The van der Waals surface area contributed by atoms with Crippen molar-refractivity contribution in [2.45, 2.75) is 52.0 Å². The van der Waals surface area contributed by atoms with Crippen molar-refractivity contribution in [3.63, 3.8) is 0 Å². The van der Waals surface area contributed by atoms with Gasteiger partial charge in [-0.2, -0.15) is 4.31 Å². The van der Waals surface area contributed by atoms with Gasteiger partial charge in [0, 0.05) is 22.7 Å². The molecule has 0 aliphatic carbocycles. The number of nitrogens with zero attached hydrogens (tertiary/aromatic N) is 1. The molecule has 1 fully saturated rings. The van der Waals surface area contributed by atoms with Gasteiger partial charge in [0.1, 0.15) is 5.75 Å². The Morgan fingerprint density at radius 2 is 1.61 bits per heavy atom. The molecule has 3 aromatic rings. The predicted molar refractivity (Wildman–Crippen MR) is 135 cm³/mol. The Morgan fingerprint density at radius 3 is 2.18 bits per heavy atom. The van der Waals surface area contributed by atoms with Gasteiger partial charge in [0.15, 0.2) is 0 Å². The number of hydrogen-bond donors (Lipinski definition) is 0. The SMILES string of the molecule is COc1ccc(CN(Cc2cc3ccc(B4OC(C)(C)C(C)(C)O4)cc3s2)S(C)(=O)=O)cc1. The summed E-state index contributed by atoms with van der Waals surface area (Å²) in [6, 6.07) is 15.7. The van der Waals surface area contributed by atoms with E-state index in [0.717, 1.165) is 31.7 Å². The number of sulfonamides is 1. The van der Waals surface area contributed by atoms with Crippen molar-refractivity contribution in [1.82, 2.24) is 4.31 Å². The lowest BCUT2D eigenvalue weighted by atomic mass is 9.79. The third-order valence-electron chi connectivity index (χ3n) is 6.44. The van der Waals surface area contributed by atoms with Gasteiger partial charge in [-0.05, 0) is 68.4 Å². The van der Waals surface area contributed by atoms with Crippen LogP contribution in [0.15, 0.2) is 48.5 Å². The molecule has 0 unspecified atom stereocenters. The zero-order valence-electron chi connectivity index (χ0n) is 19.9. The second-order valence-electron chi connectivity index (χ2n) is 9.48. The molecular formula is C24H30BNO5S2. The summed E-state index contributed by atoms with van der Waals surface area (Å²) in [5.41, 5.74) is 1.08. The second-order valence-corrected chi connectivity index (χ2v) is 12.6. The lowest BCUT2D eigenvalue weighted by Gasteiger charge is -2.32. The number of rotatable bonds is 7. The van der Waals surface area contributed by atoms with E-state index < -0.39 is 28.3 Å². The monoisotopic (exact) mass is 487 g/mol. The minimum Gasteiger partial charge on any atom is -0.497 e. The zero-order valence-corrected chi connectivity index (χ0v) is 21.5. The van der Waals surface area contributed by atoms with Crippen molar-refractivity contribution in [3.8, 4) is 5.75 Å². The third kappa shape index (κ3) is 5.12. The maximum atomic E-state index is 12.5. The van der Waals surface area contributed by atoms with E-state index in [9.17, 15) is 8.42 Å². The van der Waals surface area contributed by atoms with Crippen LogP contribution >= 0.6 is 11.3 Å². The highest BCUT2D eigenvalue weighted by Crippen LogP contribution is 2.37. The van der Waals surface area contributed by atoms with Crippen LogP contribution in [-0.4, -0.2) is 44.4 Å². The Bertz CT molecular complexity index is 1240. The van der Waals surface area contributed by atoms with Gasteiger partial charge in [0.25, 0.3) is 0 Å². The van der Waals surface area contributed by atoms with E-state index in [4.69, 9.17) is 14.0 Å². The molecule has 1 aliphatic rings. The molecule has 4 rings (SSSR count). The van der Waals surface area contributed by atoms with E-state index in [2.05, 4.69) is 12.1 Å². The van der Waals surface area contributed by atoms with Crippen LogP contribution in [0.25, 0.3) is 10.1 Å². The summed E-state index contributed by atoms with van der Waals surface area (Å²) in [5, 5.41) is 1.08. The summed E-state index contributed by atoms with van der Waals surface area (Å²) in [6.45, 7) is 8.77. The molecule has 2 heterocycles. The van der Waals surface area contributed by atoms with Crippen molar-refractivity contribution >= 4 is 44.0 Å². The van der Waals surface area contributed by atoms with Gasteiger partial charge < -0.3 is 14.0 Å². The quantitative estimate of drug-likeness (QED) is 0.468. The lowest BCUT2D eigenvalue weighted by molar-refractivity contribution is 0.00578. The van der Waals surface area contributed by atoms with Crippen LogP contribution in [0.1, 0.15) is 38.1 Å². The Morgan fingerprint density at radius 1 is 0.970 bits per heavy atom. The first kappa shape index (κ1) is 24.2. The minimum absolute atomic E-state index is 0.302. The predicted octanol–water partition coefficient (Wildman–Crippen LogP) is 4.17. The molecule has 33 heavy (non-hydrogen) atoms. The van der Waals surface area contributed by atoms with Crippen molar-refractivity contribution < 1.29 is 22.5 Å². The average molecular weight is 487 g/mol. The second kappa shape index (κ2) is 8.71. The largest absolute Gasteiger partial charge is 0.497 e. The van der Waals surface area contributed by atoms with Gasteiger partial charge in [0.2, 0.25) is 10.0 Å². The maximum Gasteiger partial charge on any atom is 0.494 e. The van der Waals surface area contributed by atoms with Crippen LogP contribution in [0.3, 0.4) is 0 Å². The fourth-order valence-electron chi connectivity index (χ4n) is 3.71. The Kier molecular flexibility index (Phi) is 6.39. The number of benzene rings is 2. The number of fused-ring (bicyclic) bond motifs is 1. The fraction of sp³-hybridized carbons (Fsp3) is 0.417. The van der Waals surface area contributed by atoms with Crippen LogP contribution in [-0.2, 0) is 32.4 Å². The molecule has 0 amide bonds. The number of methoxy groups -OCH3 is 1. The number of ether oxygens (including phenoxy) is 1. The molecule has 1 aromatic heterocycles. The molecular weight excluding hydrogens is 457 g/mol. The Balaban J connectivity index is 1.56. The molecule has 0 atom stereocenters. The average Bonchev–Trinajstić information content (AvgIpc) is 3.23. The Labute approximate surface area is 200 Å². The summed E-state index contributed by atoms with van der Waals surface area (Å²) >= 11 is 1.59. The molecule has 0 N–H and O–H groups in total. The highest BCUT2D eigenvalue weighted by molar-refractivity contribution is 7.88. The van der Waals surface area contributed by atoms with E-state index in [1.807, 2.05) is 64.1 Å². The van der Waals surface area contributed by atoms with Crippen molar-refractivity contribution in [2.24, 2.45) is 0 Å². The first-order chi connectivity index (χ1) is 15.4. The van der Waals surface area contributed by atoms with Crippen molar-refractivity contribution in [1.29, 1.82) is 0 Å². The molecule has 0 bridgehead atoms. The van der Waals surface area contributed by atoms with E-state index in [0.29, 0.717) is 13.1 Å². The molecule has 176 valence electrons. The van der Waals surface area contributed by atoms with Crippen molar-refractivity contribution in [2.75, 3.05) is 13.4 Å². The van der Waals surface area contributed by atoms with E-state index in [1.54, 1.807) is 18.4 Å². The van der Waals surface area contributed by atoms with Crippen LogP contribution in [0, 0.1) is 0 Å². The van der Waals surface area contributed by atoms with Gasteiger partial charge in [-0.1, -0.05) is 24.3 Å². The van der Waals surface area contributed by atoms with Gasteiger partial charge >= 0.3 is 7.12 Å². The highest BCUT2D eigenvalue weighted by Gasteiger charge is 2.51. The molecule has 9 heteroatoms. The molecule has 1 aliphatic heterocycles. The fourth-order valence-corrected chi connectivity index (χ4v) is 5.67. The number of thiophene rings is 1.